The number of rotatable bonds is 4. The quantitative estimate of drug-likeness (QED) is 0.253. The number of ether oxygens (including phenoxy) is 1. The lowest BCUT2D eigenvalue weighted by atomic mass is 9.78. The largest absolute Gasteiger partial charge is 0.507 e. The maximum absolute atomic E-state index is 11.7. The molecule has 4 aromatic carbocycles. The Hall–Kier alpha value is -3.72. The fourth-order valence-electron chi connectivity index (χ4n) is 5.36. The predicted molar refractivity (Wildman–Crippen MR) is 182 cm³/mol. The number of phenolic OH excluding ortho intramolecular Hbond substituents is 2. The molecule has 0 aliphatic rings. The van der Waals surface area contributed by atoms with Crippen molar-refractivity contribution < 1.29 is 14.9 Å². The molecule has 0 radical (unpaired) electrons. The standard InChI is InChI=1S/C40H50O3/c1-37(2,3)25-21-29(35(41)31(23-25)39(7,8)9)27-17-13-15-19-33(27)43-34-20-16-14-18-28(34)30-22-26(38(4,5)6)24-32(36(30)42)40(10,11)12/h13-24,41-42H,1-12H3. The molecule has 0 amide bonds. The van der Waals surface area contributed by atoms with E-state index < -0.39 is 0 Å². The van der Waals surface area contributed by atoms with Crippen LogP contribution < -0.4 is 4.74 Å². The summed E-state index contributed by atoms with van der Waals surface area (Å²) in [5, 5.41) is 23.3. The number of phenols is 2. The van der Waals surface area contributed by atoms with E-state index in [1.165, 1.54) is 0 Å². The summed E-state index contributed by atoms with van der Waals surface area (Å²) in [6.45, 7) is 25.9. The number of hydrogen-bond acceptors (Lipinski definition) is 3. The molecular weight excluding hydrogens is 528 g/mol. The van der Waals surface area contributed by atoms with E-state index in [9.17, 15) is 10.2 Å². The maximum Gasteiger partial charge on any atom is 0.135 e. The summed E-state index contributed by atoms with van der Waals surface area (Å²) >= 11 is 0. The van der Waals surface area contributed by atoms with Gasteiger partial charge in [-0.25, -0.2) is 0 Å². The molecule has 0 fully saturated rings. The molecule has 0 heterocycles. The fraction of sp³-hybridized carbons (Fsp3) is 0.400. The molecule has 0 atom stereocenters. The highest BCUT2D eigenvalue weighted by molar-refractivity contribution is 5.81. The third kappa shape index (κ3) is 6.77. The Morgan fingerprint density at radius 2 is 0.744 bits per heavy atom. The van der Waals surface area contributed by atoms with Gasteiger partial charge in [-0.15, -0.1) is 0 Å². The van der Waals surface area contributed by atoms with Crippen LogP contribution in [-0.2, 0) is 21.7 Å². The van der Waals surface area contributed by atoms with Gasteiger partial charge < -0.3 is 14.9 Å². The predicted octanol–water partition coefficient (Wildman–Crippen LogP) is 11.4. The molecule has 228 valence electrons. The molecule has 4 rings (SSSR count). The van der Waals surface area contributed by atoms with Crippen molar-refractivity contribution in [1.82, 2.24) is 0 Å². The lowest BCUT2D eigenvalue weighted by molar-refractivity contribution is 0.445. The Morgan fingerprint density at radius 1 is 0.419 bits per heavy atom. The summed E-state index contributed by atoms with van der Waals surface area (Å²) in [4.78, 5) is 0. The van der Waals surface area contributed by atoms with E-state index in [1.54, 1.807) is 0 Å². The van der Waals surface area contributed by atoms with Crippen LogP contribution >= 0.6 is 0 Å². The second kappa shape index (κ2) is 11.1. The van der Waals surface area contributed by atoms with E-state index in [-0.39, 0.29) is 33.2 Å². The van der Waals surface area contributed by atoms with Crippen LogP contribution in [0.25, 0.3) is 22.3 Å². The molecule has 3 heteroatoms. The molecule has 3 nitrogen and oxygen atoms in total. The molecule has 43 heavy (non-hydrogen) atoms. The molecule has 2 N–H and O–H groups in total. The molecule has 0 saturated heterocycles. The smallest absolute Gasteiger partial charge is 0.135 e. The van der Waals surface area contributed by atoms with Gasteiger partial charge in [0.2, 0.25) is 0 Å². The first-order chi connectivity index (χ1) is 19.7. The molecule has 0 aromatic heterocycles. The van der Waals surface area contributed by atoms with Gasteiger partial charge in [0.1, 0.15) is 23.0 Å². The topological polar surface area (TPSA) is 49.7 Å². The van der Waals surface area contributed by atoms with Gasteiger partial charge in [0.15, 0.2) is 0 Å². The van der Waals surface area contributed by atoms with Gasteiger partial charge in [0, 0.05) is 33.4 Å². The molecule has 0 spiro atoms. The minimum absolute atomic E-state index is 0.106. The van der Waals surface area contributed by atoms with Crippen LogP contribution in [0.1, 0.15) is 105 Å². The second-order valence-corrected chi connectivity index (χ2v) is 15.9. The van der Waals surface area contributed by atoms with E-state index in [2.05, 4.69) is 107 Å². The third-order valence-corrected chi connectivity index (χ3v) is 8.14. The molecular formula is C40H50O3. The van der Waals surface area contributed by atoms with Gasteiger partial charge in [0.05, 0.1) is 0 Å². The van der Waals surface area contributed by atoms with Crippen LogP contribution in [-0.4, -0.2) is 10.2 Å². The molecule has 0 aliphatic heterocycles. The monoisotopic (exact) mass is 578 g/mol. The summed E-state index contributed by atoms with van der Waals surface area (Å²) < 4.78 is 6.74. The van der Waals surface area contributed by atoms with E-state index in [0.717, 1.165) is 44.5 Å². The van der Waals surface area contributed by atoms with Crippen molar-refractivity contribution in [3.8, 4) is 45.3 Å². The van der Waals surface area contributed by atoms with Gasteiger partial charge in [-0.3, -0.25) is 0 Å². The maximum atomic E-state index is 11.7. The van der Waals surface area contributed by atoms with Crippen molar-refractivity contribution in [1.29, 1.82) is 0 Å². The normalized spacial score (nSPS) is 12.8. The first-order valence-corrected chi connectivity index (χ1v) is 15.3. The molecule has 0 bridgehead atoms. The van der Waals surface area contributed by atoms with Crippen molar-refractivity contribution >= 4 is 0 Å². The van der Waals surface area contributed by atoms with E-state index in [1.807, 2.05) is 48.5 Å². The zero-order valence-corrected chi connectivity index (χ0v) is 28.2. The zero-order valence-electron chi connectivity index (χ0n) is 28.2. The average Bonchev–Trinajstić information content (AvgIpc) is 2.87. The van der Waals surface area contributed by atoms with E-state index in [4.69, 9.17) is 4.74 Å². The number of para-hydroxylation sites is 2. The van der Waals surface area contributed by atoms with E-state index in [0.29, 0.717) is 11.5 Å². The Labute approximate surface area is 259 Å². The number of hydrogen-bond donors (Lipinski definition) is 2. The van der Waals surface area contributed by atoms with E-state index >= 15 is 0 Å². The lowest BCUT2D eigenvalue weighted by Crippen LogP contribution is -2.17. The van der Waals surface area contributed by atoms with Crippen LogP contribution in [0.2, 0.25) is 0 Å². The molecule has 0 aliphatic carbocycles. The molecule has 0 unspecified atom stereocenters. The molecule has 0 saturated carbocycles. The van der Waals surface area contributed by atoms with Crippen LogP contribution in [0.5, 0.6) is 23.0 Å². The van der Waals surface area contributed by atoms with Gasteiger partial charge >= 0.3 is 0 Å². The van der Waals surface area contributed by atoms with Gasteiger partial charge in [-0.1, -0.05) is 132 Å². The number of aromatic hydroxyl groups is 2. The summed E-state index contributed by atoms with van der Waals surface area (Å²) in [5.74, 6) is 1.82. The zero-order chi connectivity index (χ0) is 32.1. The highest BCUT2D eigenvalue weighted by Gasteiger charge is 2.28. The minimum Gasteiger partial charge on any atom is -0.507 e. The third-order valence-electron chi connectivity index (χ3n) is 8.14. The van der Waals surface area contributed by atoms with Crippen molar-refractivity contribution in [3.63, 3.8) is 0 Å². The summed E-state index contributed by atoms with van der Waals surface area (Å²) in [5.41, 5.74) is 6.54. The summed E-state index contributed by atoms with van der Waals surface area (Å²) in [6.07, 6.45) is 0. The second-order valence-electron chi connectivity index (χ2n) is 15.9. The van der Waals surface area contributed by atoms with Crippen molar-refractivity contribution in [2.24, 2.45) is 0 Å². The first kappa shape index (κ1) is 32.2. The minimum atomic E-state index is -0.247. The Bertz CT molecular complexity index is 1510. The highest BCUT2D eigenvalue weighted by Crippen LogP contribution is 2.48. The van der Waals surface area contributed by atoms with Crippen LogP contribution in [0, 0.1) is 0 Å². The SMILES string of the molecule is CC(C)(C)c1cc(-c2ccccc2Oc2ccccc2-c2cc(C(C)(C)C)cc(C(C)(C)C)c2O)c(O)c(C(C)(C)C)c1. The van der Waals surface area contributed by atoms with Crippen LogP contribution in [0.4, 0.5) is 0 Å². The van der Waals surface area contributed by atoms with Crippen molar-refractivity contribution in [2.75, 3.05) is 0 Å². The highest BCUT2D eigenvalue weighted by atomic mass is 16.5. The van der Waals surface area contributed by atoms with Crippen molar-refractivity contribution in [3.05, 3.63) is 95.1 Å². The Morgan fingerprint density at radius 3 is 1.05 bits per heavy atom. The van der Waals surface area contributed by atoms with Crippen LogP contribution in [0.15, 0.2) is 72.8 Å². The van der Waals surface area contributed by atoms with Gasteiger partial charge in [0.25, 0.3) is 0 Å². The average molecular weight is 579 g/mol. The lowest BCUT2D eigenvalue weighted by Gasteiger charge is -2.28. The first-order valence-electron chi connectivity index (χ1n) is 15.3. The summed E-state index contributed by atoms with van der Waals surface area (Å²) in [6, 6.07) is 24.2. The van der Waals surface area contributed by atoms with Crippen LogP contribution in [0.3, 0.4) is 0 Å². The van der Waals surface area contributed by atoms with Gasteiger partial charge in [-0.2, -0.15) is 0 Å². The Kier molecular flexibility index (Phi) is 8.30. The fourth-order valence-corrected chi connectivity index (χ4v) is 5.36. The molecule has 4 aromatic rings. The van der Waals surface area contributed by atoms with Gasteiger partial charge in [-0.05, 0) is 57.1 Å². The summed E-state index contributed by atoms with van der Waals surface area (Å²) in [7, 11) is 0. The Balaban J connectivity index is 1.94. The van der Waals surface area contributed by atoms with Crippen molar-refractivity contribution in [2.45, 2.75) is 105 Å². The number of benzene rings is 4.